The zero-order valence-electron chi connectivity index (χ0n) is 10.1. The lowest BCUT2D eigenvalue weighted by Crippen LogP contribution is -2.39. The summed E-state index contributed by atoms with van der Waals surface area (Å²) in [5.41, 5.74) is -1.37. The highest BCUT2D eigenvalue weighted by Crippen LogP contribution is 2.51. The molecule has 0 aliphatic carbocycles. The van der Waals surface area contributed by atoms with Crippen molar-refractivity contribution in [3.63, 3.8) is 0 Å². The summed E-state index contributed by atoms with van der Waals surface area (Å²) in [6.07, 6.45) is -11.5. The average Bonchev–Trinajstić information content (AvgIpc) is 2.23. The summed E-state index contributed by atoms with van der Waals surface area (Å²) in [4.78, 5) is -2.66. The molecule has 0 spiro atoms. The Hall–Kier alpha value is -1.06. The van der Waals surface area contributed by atoms with Crippen LogP contribution in [0.25, 0.3) is 0 Å². The number of hydrogen-bond donors (Lipinski definition) is 0. The van der Waals surface area contributed by atoms with Gasteiger partial charge in [-0.3, -0.25) is 0 Å². The highest BCUT2D eigenvalue weighted by atomic mass is 79.9. The van der Waals surface area contributed by atoms with Crippen molar-refractivity contribution in [2.45, 2.75) is 17.2 Å². The standard InChI is InChI=1S/C11H7BrF8O/c1-21-4-2-5(13)7(6(14)3-4)8(12)9(10(15,16)17)11(18,19)20/h2-3,8-9H,1H3. The molecule has 21 heavy (non-hydrogen) atoms. The summed E-state index contributed by atoms with van der Waals surface area (Å²) in [5, 5.41) is 0. The van der Waals surface area contributed by atoms with E-state index in [0.717, 1.165) is 7.11 Å². The fraction of sp³-hybridized carbons (Fsp3) is 0.455. The quantitative estimate of drug-likeness (QED) is 0.515. The number of halogens is 9. The Balaban J connectivity index is 3.38. The van der Waals surface area contributed by atoms with Crippen LogP contribution in [0, 0.1) is 17.6 Å². The summed E-state index contributed by atoms with van der Waals surface area (Å²) in [7, 11) is 1.04. The molecular formula is C11H7BrF8O. The molecule has 0 aromatic heterocycles. The summed E-state index contributed by atoms with van der Waals surface area (Å²) in [6.45, 7) is 0. The molecule has 10 heteroatoms. The van der Waals surface area contributed by atoms with Crippen molar-refractivity contribution in [2.75, 3.05) is 7.11 Å². The Morgan fingerprint density at radius 2 is 1.33 bits per heavy atom. The molecule has 1 aromatic carbocycles. The minimum atomic E-state index is -5.73. The van der Waals surface area contributed by atoms with Gasteiger partial charge < -0.3 is 4.74 Å². The number of hydrogen-bond acceptors (Lipinski definition) is 1. The highest BCUT2D eigenvalue weighted by Gasteiger charge is 2.60. The van der Waals surface area contributed by atoms with Crippen molar-refractivity contribution < 1.29 is 39.9 Å². The average molecular weight is 387 g/mol. The van der Waals surface area contributed by atoms with Crippen LogP contribution in [0.1, 0.15) is 10.4 Å². The molecule has 1 unspecified atom stereocenters. The van der Waals surface area contributed by atoms with E-state index in [1.807, 2.05) is 0 Å². The largest absolute Gasteiger partial charge is 0.497 e. The van der Waals surface area contributed by atoms with Crippen molar-refractivity contribution in [3.8, 4) is 5.75 Å². The zero-order valence-corrected chi connectivity index (χ0v) is 11.7. The molecule has 0 saturated carbocycles. The number of ether oxygens (including phenoxy) is 1. The number of methoxy groups -OCH3 is 1. The molecule has 0 saturated heterocycles. The monoisotopic (exact) mass is 386 g/mol. The van der Waals surface area contributed by atoms with E-state index in [1.54, 1.807) is 0 Å². The van der Waals surface area contributed by atoms with Gasteiger partial charge in [0.1, 0.15) is 17.4 Å². The van der Waals surface area contributed by atoms with Crippen LogP contribution in [-0.4, -0.2) is 19.5 Å². The number of alkyl halides is 7. The summed E-state index contributed by atoms with van der Waals surface area (Å²) in [6, 6.07) is 0.993. The molecule has 120 valence electrons. The second-order valence-corrected chi connectivity index (χ2v) is 4.95. The van der Waals surface area contributed by atoms with E-state index >= 15 is 0 Å². The highest BCUT2D eigenvalue weighted by molar-refractivity contribution is 9.09. The van der Waals surface area contributed by atoms with Gasteiger partial charge in [-0.05, 0) is 0 Å². The summed E-state index contributed by atoms with van der Waals surface area (Å²) < 4.78 is 107. The first-order valence-electron chi connectivity index (χ1n) is 5.20. The minimum Gasteiger partial charge on any atom is -0.497 e. The van der Waals surface area contributed by atoms with Crippen LogP contribution in [0.5, 0.6) is 5.75 Å². The van der Waals surface area contributed by atoms with E-state index in [9.17, 15) is 35.1 Å². The van der Waals surface area contributed by atoms with Crippen LogP contribution in [-0.2, 0) is 0 Å². The van der Waals surface area contributed by atoms with E-state index < -0.39 is 40.3 Å². The van der Waals surface area contributed by atoms with E-state index in [-0.39, 0.29) is 5.75 Å². The van der Waals surface area contributed by atoms with Gasteiger partial charge in [0.05, 0.1) is 11.9 Å². The van der Waals surface area contributed by atoms with Crippen LogP contribution < -0.4 is 4.74 Å². The van der Waals surface area contributed by atoms with Gasteiger partial charge in [-0.1, -0.05) is 15.9 Å². The SMILES string of the molecule is COc1cc(F)c(C(Br)C(C(F)(F)F)C(F)(F)F)c(F)c1. The molecule has 1 aromatic rings. The smallest absolute Gasteiger partial charge is 0.401 e. The lowest BCUT2D eigenvalue weighted by atomic mass is 9.97. The van der Waals surface area contributed by atoms with Gasteiger partial charge in [0, 0.05) is 17.7 Å². The Labute approximate surface area is 122 Å². The first-order chi connectivity index (χ1) is 9.39. The van der Waals surface area contributed by atoms with Crippen LogP contribution in [0.15, 0.2) is 12.1 Å². The van der Waals surface area contributed by atoms with Crippen molar-refractivity contribution in [3.05, 3.63) is 29.3 Å². The van der Waals surface area contributed by atoms with Gasteiger partial charge in [0.25, 0.3) is 0 Å². The number of rotatable bonds is 3. The van der Waals surface area contributed by atoms with Gasteiger partial charge >= 0.3 is 12.4 Å². The summed E-state index contributed by atoms with van der Waals surface area (Å²) in [5.74, 6) is -7.48. The van der Waals surface area contributed by atoms with Crippen molar-refractivity contribution in [2.24, 2.45) is 5.92 Å². The molecule has 0 amide bonds. The van der Waals surface area contributed by atoms with Crippen molar-refractivity contribution in [1.29, 1.82) is 0 Å². The first kappa shape index (κ1) is 18.0. The molecule has 0 N–H and O–H groups in total. The van der Waals surface area contributed by atoms with Crippen LogP contribution in [0.4, 0.5) is 35.1 Å². The number of benzene rings is 1. The molecule has 0 aliphatic heterocycles. The molecule has 1 nitrogen and oxygen atoms in total. The Morgan fingerprint density at radius 1 is 0.952 bits per heavy atom. The third-order valence-corrected chi connectivity index (χ3v) is 3.55. The predicted octanol–water partition coefficient (Wildman–Crippen LogP) is 5.15. The van der Waals surface area contributed by atoms with E-state index in [0.29, 0.717) is 12.1 Å². The van der Waals surface area contributed by atoms with E-state index in [1.165, 1.54) is 0 Å². The van der Waals surface area contributed by atoms with Crippen LogP contribution in [0.3, 0.4) is 0 Å². The van der Waals surface area contributed by atoms with Crippen molar-refractivity contribution >= 4 is 15.9 Å². The molecular weight excluding hydrogens is 380 g/mol. The second kappa shape index (κ2) is 5.98. The summed E-state index contributed by atoms with van der Waals surface area (Å²) >= 11 is 2.11. The second-order valence-electron chi connectivity index (χ2n) is 3.97. The fourth-order valence-corrected chi connectivity index (χ4v) is 2.66. The van der Waals surface area contributed by atoms with Gasteiger partial charge in [-0.25, -0.2) is 8.78 Å². The normalized spacial score (nSPS) is 14.4. The van der Waals surface area contributed by atoms with Gasteiger partial charge in [0.15, 0.2) is 5.92 Å². The molecule has 0 radical (unpaired) electrons. The molecule has 0 bridgehead atoms. The van der Waals surface area contributed by atoms with Gasteiger partial charge in [0.2, 0.25) is 0 Å². The Bertz CT molecular complexity index is 473. The van der Waals surface area contributed by atoms with E-state index in [2.05, 4.69) is 20.7 Å². The lowest BCUT2D eigenvalue weighted by molar-refractivity contribution is -0.283. The van der Waals surface area contributed by atoms with Gasteiger partial charge in [-0.15, -0.1) is 0 Å². The Kier molecular flexibility index (Phi) is 5.12. The lowest BCUT2D eigenvalue weighted by Gasteiger charge is -2.27. The molecule has 1 atom stereocenters. The third-order valence-electron chi connectivity index (χ3n) is 2.56. The zero-order chi connectivity index (χ0) is 16.6. The fourth-order valence-electron chi connectivity index (χ4n) is 1.63. The topological polar surface area (TPSA) is 9.23 Å². The maximum Gasteiger partial charge on any atom is 0.401 e. The maximum absolute atomic E-state index is 13.6. The van der Waals surface area contributed by atoms with Crippen molar-refractivity contribution in [1.82, 2.24) is 0 Å². The first-order valence-corrected chi connectivity index (χ1v) is 6.11. The van der Waals surface area contributed by atoms with Gasteiger partial charge in [-0.2, -0.15) is 26.3 Å². The molecule has 0 aliphatic rings. The molecule has 1 rings (SSSR count). The van der Waals surface area contributed by atoms with Crippen LogP contribution >= 0.6 is 15.9 Å². The molecule has 0 fully saturated rings. The predicted molar refractivity (Wildman–Crippen MR) is 60.2 cm³/mol. The van der Waals surface area contributed by atoms with Crippen LogP contribution in [0.2, 0.25) is 0 Å². The third kappa shape index (κ3) is 3.98. The minimum absolute atomic E-state index is 0.371. The maximum atomic E-state index is 13.6. The Morgan fingerprint density at radius 3 is 1.62 bits per heavy atom. The van der Waals surface area contributed by atoms with E-state index in [4.69, 9.17) is 0 Å². The molecule has 0 heterocycles.